The fourth-order valence-corrected chi connectivity index (χ4v) is 5.47. The molecule has 222 valence electrons. The van der Waals surface area contributed by atoms with Gasteiger partial charge in [-0.25, -0.2) is 4.39 Å². The number of nitrogens with zero attached hydrogens (tertiary/aromatic N) is 4. The number of amides is 2. The van der Waals surface area contributed by atoms with Gasteiger partial charge in [-0.15, -0.1) is 0 Å². The van der Waals surface area contributed by atoms with Crippen LogP contribution < -0.4 is 16.0 Å². The fraction of sp³-hybridized carbons (Fsp3) is 0.333. The molecule has 4 heterocycles. The molecule has 1 aliphatic rings. The molecule has 15 heteroatoms. The zero-order valence-corrected chi connectivity index (χ0v) is 23.4. The monoisotopic (exact) mass is 605 g/mol. The molecule has 0 bridgehead atoms. The molecule has 2 atom stereocenters. The highest BCUT2D eigenvalue weighted by molar-refractivity contribution is 8.00. The molecule has 5 rings (SSSR count). The van der Waals surface area contributed by atoms with Crippen LogP contribution in [0, 0.1) is 0 Å². The number of fused-ring (bicyclic) bond motifs is 1. The zero-order valence-electron chi connectivity index (χ0n) is 22.5. The van der Waals surface area contributed by atoms with E-state index in [4.69, 9.17) is 4.52 Å². The summed E-state index contributed by atoms with van der Waals surface area (Å²) in [5.41, 5.74) is -3.17. The minimum absolute atomic E-state index is 0.0380. The number of thioether (sulfide) groups is 1. The molecule has 3 N–H and O–H groups in total. The number of carbonyl (C=O) groups excluding carboxylic acids is 2. The van der Waals surface area contributed by atoms with Crippen LogP contribution in [0.3, 0.4) is 0 Å². The third-order valence-corrected chi connectivity index (χ3v) is 7.63. The average molecular weight is 606 g/mol. The Morgan fingerprint density at radius 2 is 1.90 bits per heavy atom. The molecule has 10 nitrogen and oxygen atoms in total. The minimum Gasteiger partial charge on any atom is -0.378 e. The van der Waals surface area contributed by atoms with Crippen molar-refractivity contribution in [2.45, 2.75) is 35.7 Å². The van der Waals surface area contributed by atoms with Crippen LogP contribution >= 0.6 is 11.8 Å². The molecule has 1 aromatic carbocycles. The Balaban J connectivity index is 1.40. The molecule has 0 saturated carbocycles. The number of halogens is 4. The quantitative estimate of drug-likeness (QED) is 0.201. The van der Waals surface area contributed by atoms with E-state index in [1.807, 2.05) is 11.9 Å². The van der Waals surface area contributed by atoms with Crippen LogP contribution in [0.25, 0.3) is 16.9 Å². The Bertz CT molecular complexity index is 1610. The van der Waals surface area contributed by atoms with E-state index in [1.54, 1.807) is 24.3 Å². The highest BCUT2D eigenvalue weighted by atomic mass is 32.2. The van der Waals surface area contributed by atoms with E-state index in [0.29, 0.717) is 29.7 Å². The molecule has 0 unspecified atom stereocenters. The molecule has 3 aromatic heterocycles. The lowest BCUT2D eigenvalue weighted by Crippen LogP contribution is -2.46. The van der Waals surface area contributed by atoms with E-state index in [1.165, 1.54) is 35.8 Å². The van der Waals surface area contributed by atoms with Gasteiger partial charge in [0.05, 0.1) is 34.4 Å². The van der Waals surface area contributed by atoms with E-state index >= 15 is 0 Å². The fourth-order valence-electron chi connectivity index (χ4n) is 4.73. The maximum atomic E-state index is 14.7. The van der Waals surface area contributed by atoms with Crippen molar-refractivity contribution in [1.29, 1.82) is 0 Å². The zero-order chi connectivity index (χ0) is 30.0. The second-order valence-corrected chi connectivity index (χ2v) is 10.8. The lowest BCUT2D eigenvalue weighted by molar-refractivity contribution is -0.0329. The summed E-state index contributed by atoms with van der Waals surface area (Å²) in [7, 11) is 3.31. The predicted octanol–water partition coefficient (Wildman–Crippen LogP) is 4.34. The smallest absolute Gasteiger partial charge is 0.378 e. The lowest BCUT2D eigenvalue weighted by Gasteiger charge is -2.33. The number of hydrogen-bond donors (Lipinski definition) is 3. The first-order valence-corrected chi connectivity index (χ1v) is 13.8. The number of likely N-dealkylation sites (tertiary alicyclic amines) is 1. The van der Waals surface area contributed by atoms with Gasteiger partial charge in [0.25, 0.3) is 11.8 Å². The number of hydrogen-bond acceptors (Lipinski definition) is 8. The van der Waals surface area contributed by atoms with Gasteiger partial charge in [-0.2, -0.15) is 18.2 Å². The Kier molecular flexibility index (Phi) is 8.41. The van der Waals surface area contributed by atoms with Crippen molar-refractivity contribution < 1.29 is 31.7 Å². The van der Waals surface area contributed by atoms with Crippen molar-refractivity contribution in [2.24, 2.45) is 0 Å². The van der Waals surface area contributed by atoms with Crippen LogP contribution in [-0.4, -0.2) is 76.2 Å². The van der Waals surface area contributed by atoms with Gasteiger partial charge in [-0.3, -0.25) is 9.59 Å². The third kappa shape index (κ3) is 6.51. The summed E-state index contributed by atoms with van der Waals surface area (Å²) in [6.45, 7) is 0.736. The van der Waals surface area contributed by atoms with E-state index in [0.717, 1.165) is 0 Å². The van der Waals surface area contributed by atoms with Crippen LogP contribution in [0.4, 0.5) is 23.2 Å². The highest BCUT2D eigenvalue weighted by Crippen LogP contribution is 2.43. The molecule has 1 fully saturated rings. The summed E-state index contributed by atoms with van der Waals surface area (Å²) in [6, 6.07) is 10.3. The van der Waals surface area contributed by atoms with Gasteiger partial charge in [-0.1, -0.05) is 11.2 Å². The first-order valence-electron chi connectivity index (χ1n) is 12.9. The van der Waals surface area contributed by atoms with Gasteiger partial charge in [-0.05, 0) is 49.9 Å². The summed E-state index contributed by atoms with van der Waals surface area (Å²) in [5.74, 6) is -1.01. The van der Waals surface area contributed by atoms with Gasteiger partial charge >= 0.3 is 5.51 Å². The first-order chi connectivity index (χ1) is 20.0. The number of anilines is 1. The number of rotatable bonds is 8. The Morgan fingerprint density at radius 3 is 2.62 bits per heavy atom. The van der Waals surface area contributed by atoms with Crippen molar-refractivity contribution in [3.63, 3.8) is 0 Å². The van der Waals surface area contributed by atoms with Gasteiger partial charge in [0.15, 0.2) is 0 Å². The van der Waals surface area contributed by atoms with Crippen molar-refractivity contribution in [3.05, 3.63) is 65.7 Å². The Labute approximate surface area is 241 Å². The first kappa shape index (κ1) is 29.4. The van der Waals surface area contributed by atoms with E-state index in [2.05, 4.69) is 26.1 Å². The van der Waals surface area contributed by atoms with Crippen LogP contribution in [-0.2, 0) is 6.54 Å². The van der Waals surface area contributed by atoms with E-state index < -0.39 is 23.6 Å². The van der Waals surface area contributed by atoms with Crippen molar-refractivity contribution in [1.82, 2.24) is 30.1 Å². The predicted molar refractivity (Wildman–Crippen MR) is 148 cm³/mol. The number of aromatic nitrogens is 3. The van der Waals surface area contributed by atoms with Gasteiger partial charge < -0.3 is 29.8 Å². The highest BCUT2D eigenvalue weighted by Gasteiger charge is 2.34. The topological polar surface area (TPSA) is 117 Å². The number of carbonyl (C=O) groups is 2. The molecular weight excluding hydrogens is 578 g/mol. The number of alkyl halides is 4. The second kappa shape index (κ2) is 12.0. The molecule has 0 aliphatic carbocycles. The van der Waals surface area contributed by atoms with Crippen molar-refractivity contribution >= 4 is 34.8 Å². The number of pyridine rings is 1. The van der Waals surface area contributed by atoms with Crippen molar-refractivity contribution in [2.75, 3.05) is 32.5 Å². The SMILES string of the molecule is CNC(=O)c1cccc(C(=O)NCc2nc(-c3cc4c(N[C@@H]5CCN(C)C[C@@H]5F)cccn4c3SC(F)(F)F)no2)c1. The van der Waals surface area contributed by atoms with Crippen LogP contribution in [0.1, 0.15) is 33.0 Å². The number of benzene rings is 1. The lowest BCUT2D eigenvalue weighted by atomic mass is 10.0. The summed E-state index contributed by atoms with van der Waals surface area (Å²) in [4.78, 5) is 30.6. The third-order valence-electron chi connectivity index (χ3n) is 6.78. The largest absolute Gasteiger partial charge is 0.447 e. The number of piperidine rings is 1. The molecule has 4 aromatic rings. The molecular formula is C27H27F4N7O3S. The molecule has 1 saturated heterocycles. The van der Waals surface area contributed by atoms with Crippen LogP contribution in [0.2, 0.25) is 0 Å². The average Bonchev–Trinajstić information content (AvgIpc) is 3.57. The van der Waals surface area contributed by atoms with Gasteiger partial charge in [0, 0.05) is 49.2 Å². The van der Waals surface area contributed by atoms with E-state index in [-0.39, 0.29) is 58.6 Å². The molecule has 0 radical (unpaired) electrons. The summed E-state index contributed by atoms with van der Waals surface area (Å²) < 4.78 is 62.2. The summed E-state index contributed by atoms with van der Waals surface area (Å²) in [5, 5.41) is 11.9. The van der Waals surface area contributed by atoms with Gasteiger partial charge in [0.1, 0.15) is 6.17 Å². The summed E-state index contributed by atoms with van der Waals surface area (Å²) in [6.07, 6.45) is 0.865. The van der Waals surface area contributed by atoms with Crippen LogP contribution in [0.5, 0.6) is 0 Å². The van der Waals surface area contributed by atoms with E-state index in [9.17, 15) is 27.2 Å². The normalized spacial score (nSPS) is 17.8. The summed E-state index contributed by atoms with van der Waals surface area (Å²) >= 11 is -0.325. The molecule has 1 aliphatic heterocycles. The maximum absolute atomic E-state index is 14.7. The Hall–Kier alpha value is -4.11. The van der Waals surface area contributed by atoms with Crippen molar-refractivity contribution in [3.8, 4) is 11.4 Å². The Morgan fingerprint density at radius 1 is 1.14 bits per heavy atom. The second-order valence-electron chi connectivity index (χ2n) is 9.76. The maximum Gasteiger partial charge on any atom is 0.447 e. The molecule has 0 spiro atoms. The standard InChI is InChI=1S/C27H27F4N7O3S/c1-32-24(39)15-5-3-6-16(11-15)25(40)33-13-22-35-23(36-41-22)17-12-21-20(34-19-8-10-37(2)14-18(19)28)7-4-9-38(21)26(17)42-27(29,30)31/h3-7,9,11-12,18-19,34H,8,10,13-14H2,1-2H3,(H,32,39)(H,33,40)/t18-,19+/m0/s1. The molecule has 2 amide bonds. The minimum atomic E-state index is -4.62. The molecule has 42 heavy (non-hydrogen) atoms. The van der Waals surface area contributed by atoms with Gasteiger partial charge in [0.2, 0.25) is 11.7 Å². The van der Waals surface area contributed by atoms with Crippen LogP contribution in [0.15, 0.2) is 58.2 Å². The number of nitrogens with one attached hydrogen (secondary N) is 3.